The van der Waals surface area contributed by atoms with Crippen LogP contribution in [0.3, 0.4) is 0 Å². The zero-order chi connectivity index (χ0) is 15.9. The van der Waals surface area contributed by atoms with E-state index in [1.165, 1.54) is 26.4 Å². The number of esters is 1. The highest BCUT2D eigenvalue weighted by atomic mass is 16.5. The van der Waals surface area contributed by atoms with Gasteiger partial charge in [0.1, 0.15) is 0 Å². The van der Waals surface area contributed by atoms with Gasteiger partial charge in [-0.2, -0.15) is 0 Å². The van der Waals surface area contributed by atoms with Crippen molar-refractivity contribution in [2.45, 2.75) is 78.2 Å². The third-order valence-electron chi connectivity index (χ3n) is 6.63. The van der Waals surface area contributed by atoms with Crippen LogP contribution in [0.4, 0.5) is 0 Å². The van der Waals surface area contributed by atoms with Gasteiger partial charge in [-0.05, 0) is 61.7 Å². The van der Waals surface area contributed by atoms with Crippen LogP contribution >= 0.6 is 0 Å². The molecule has 0 heterocycles. The lowest BCUT2D eigenvalue weighted by atomic mass is 9.45. The molecule has 2 saturated carbocycles. The van der Waals surface area contributed by atoms with Gasteiger partial charge < -0.3 is 9.84 Å². The molecule has 0 amide bonds. The molecule has 2 aliphatic rings. The fraction of sp³-hybridized carbons (Fsp3) is 0.944. The van der Waals surface area contributed by atoms with Crippen LogP contribution in [0.2, 0.25) is 0 Å². The second-order valence-electron chi connectivity index (χ2n) is 8.46. The van der Waals surface area contributed by atoms with Gasteiger partial charge in [-0.25, -0.2) is 0 Å². The lowest BCUT2D eigenvalue weighted by Gasteiger charge is -2.61. The van der Waals surface area contributed by atoms with Crippen molar-refractivity contribution >= 4 is 5.97 Å². The van der Waals surface area contributed by atoms with E-state index in [0.29, 0.717) is 17.8 Å². The van der Waals surface area contributed by atoms with Crippen LogP contribution in [0.25, 0.3) is 0 Å². The fourth-order valence-corrected chi connectivity index (χ4v) is 5.63. The largest absolute Gasteiger partial charge is 0.469 e. The van der Waals surface area contributed by atoms with E-state index >= 15 is 0 Å². The molecule has 122 valence electrons. The van der Waals surface area contributed by atoms with Crippen molar-refractivity contribution in [3.05, 3.63) is 0 Å². The van der Waals surface area contributed by atoms with E-state index in [4.69, 9.17) is 4.74 Å². The summed E-state index contributed by atoms with van der Waals surface area (Å²) in [6.45, 7) is 9.09. The molecule has 3 heteroatoms. The first-order chi connectivity index (χ1) is 9.63. The number of hydrogen-bond acceptors (Lipinski definition) is 3. The molecule has 0 spiro atoms. The minimum atomic E-state index is -0.660. The molecule has 0 saturated heterocycles. The van der Waals surface area contributed by atoms with Gasteiger partial charge in [-0.1, -0.05) is 27.2 Å². The Bertz CT molecular complexity index is 399. The quantitative estimate of drug-likeness (QED) is 0.803. The van der Waals surface area contributed by atoms with Gasteiger partial charge in [0.05, 0.1) is 12.7 Å². The Morgan fingerprint density at radius 2 is 1.86 bits per heavy atom. The first-order valence-corrected chi connectivity index (χ1v) is 8.43. The summed E-state index contributed by atoms with van der Waals surface area (Å²) in [7, 11) is 1.44. The van der Waals surface area contributed by atoms with Gasteiger partial charge in [0.2, 0.25) is 0 Å². The molecular weight excluding hydrogens is 264 g/mol. The van der Waals surface area contributed by atoms with Crippen LogP contribution in [0.5, 0.6) is 0 Å². The summed E-state index contributed by atoms with van der Waals surface area (Å²) in [5, 5.41) is 10.9. The molecule has 0 radical (unpaired) electrons. The number of rotatable bonds is 3. The Balaban J connectivity index is 2.26. The van der Waals surface area contributed by atoms with Crippen molar-refractivity contribution in [2.24, 2.45) is 22.7 Å². The van der Waals surface area contributed by atoms with Crippen molar-refractivity contribution in [1.82, 2.24) is 0 Å². The third-order valence-corrected chi connectivity index (χ3v) is 6.63. The van der Waals surface area contributed by atoms with Crippen molar-refractivity contribution < 1.29 is 14.6 Å². The molecule has 3 nitrogen and oxygen atoms in total. The monoisotopic (exact) mass is 296 g/mol. The van der Waals surface area contributed by atoms with Crippen LogP contribution in [0.15, 0.2) is 0 Å². The predicted molar refractivity (Wildman–Crippen MR) is 83.8 cm³/mol. The number of hydrogen-bond donors (Lipinski definition) is 1. The Morgan fingerprint density at radius 3 is 2.48 bits per heavy atom. The number of carbonyl (C=O) groups is 1. The van der Waals surface area contributed by atoms with Gasteiger partial charge in [0.15, 0.2) is 0 Å². The van der Waals surface area contributed by atoms with E-state index in [0.717, 1.165) is 19.3 Å². The molecule has 4 atom stereocenters. The van der Waals surface area contributed by atoms with E-state index in [1.807, 2.05) is 6.92 Å². The van der Waals surface area contributed by atoms with Crippen molar-refractivity contribution in [2.75, 3.05) is 7.11 Å². The molecule has 0 bridgehead atoms. The topological polar surface area (TPSA) is 46.5 Å². The van der Waals surface area contributed by atoms with Gasteiger partial charge in [-0.3, -0.25) is 4.79 Å². The zero-order valence-corrected chi connectivity index (χ0v) is 14.4. The molecule has 21 heavy (non-hydrogen) atoms. The zero-order valence-electron chi connectivity index (χ0n) is 14.4. The maximum Gasteiger partial charge on any atom is 0.305 e. The van der Waals surface area contributed by atoms with Crippen LogP contribution in [-0.4, -0.2) is 23.8 Å². The lowest BCUT2D eigenvalue weighted by Crippen LogP contribution is -2.57. The number of aliphatic hydroxyl groups is 1. The molecule has 0 aromatic carbocycles. The maximum atomic E-state index is 11.6. The van der Waals surface area contributed by atoms with E-state index in [2.05, 4.69) is 20.8 Å². The molecule has 1 N–H and O–H groups in total. The highest BCUT2D eigenvalue weighted by Crippen LogP contribution is 2.62. The molecular formula is C18H32O3. The summed E-state index contributed by atoms with van der Waals surface area (Å²) in [4.78, 5) is 11.6. The Hall–Kier alpha value is -0.570. The van der Waals surface area contributed by atoms with Crippen LogP contribution in [0, 0.1) is 22.7 Å². The molecule has 2 fully saturated rings. The lowest BCUT2D eigenvalue weighted by molar-refractivity contribution is -0.171. The maximum absolute atomic E-state index is 11.6. The average Bonchev–Trinajstić information content (AvgIpc) is 2.35. The molecule has 0 aromatic rings. The minimum Gasteiger partial charge on any atom is -0.469 e. The fourth-order valence-electron chi connectivity index (χ4n) is 5.63. The smallest absolute Gasteiger partial charge is 0.305 e. The summed E-state index contributed by atoms with van der Waals surface area (Å²) in [5.41, 5.74) is -0.183. The molecule has 0 unspecified atom stereocenters. The normalized spacial score (nSPS) is 42.2. The third kappa shape index (κ3) is 2.99. The summed E-state index contributed by atoms with van der Waals surface area (Å²) in [6, 6.07) is 0. The Labute approximate surface area is 129 Å². The van der Waals surface area contributed by atoms with Gasteiger partial charge in [0.25, 0.3) is 0 Å². The number of fused-ring (bicyclic) bond motifs is 1. The van der Waals surface area contributed by atoms with E-state index in [1.54, 1.807) is 0 Å². The summed E-state index contributed by atoms with van der Waals surface area (Å²) in [6.07, 6.45) is 6.78. The Morgan fingerprint density at radius 1 is 1.19 bits per heavy atom. The highest BCUT2D eigenvalue weighted by Gasteiger charge is 2.57. The first kappa shape index (κ1) is 16.8. The van der Waals surface area contributed by atoms with Crippen LogP contribution < -0.4 is 0 Å². The summed E-state index contributed by atoms with van der Waals surface area (Å²) >= 11 is 0. The first-order valence-electron chi connectivity index (χ1n) is 8.43. The van der Waals surface area contributed by atoms with Crippen molar-refractivity contribution in [3.8, 4) is 0 Å². The van der Waals surface area contributed by atoms with Crippen molar-refractivity contribution in [1.29, 1.82) is 0 Å². The minimum absolute atomic E-state index is 0.136. The van der Waals surface area contributed by atoms with E-state index < -0.39 is 5.60 Å². The predicted octanol–water partition coefficient (Wildman–Crippen LogP) is 3.93. The number of carbonyl (C=O) groups excluding carboxylic acids is 1. The molecule has 2 rings (SSSR count). The molecule has 2 aliphatic carbocycles. The number of methoxy groups -OCH3 is 1. The van der Waals surface area contributed by atoms with Gasteiger partial charge in [0, 0.05) is 6.42 Å². The second-order valence-corrected chi connectivity index (χ2v) is 8.46. The molecule has 0 aliphatic heterocycles. The van der Waals surface area contributed by atoms with E-state index in [-0.39, 0.29) is 17.3 Å². The SMILES string of the molecule is COC(=O)CC[C@H]1[C@@]2(C)CCCC(C)(C)[C@@H]2CC[C@]1(C)O. The summed E-state index contributed by atoms with van der Waals surface area (Å²) in [5.74, 6) is 0.663. The van der Waals surface area contributed by atoms with Crippen LogP contribution in [-0.2, 0) is 9.53 Å². The van der Waals surface area contributed by atoms with E-state index in [9.17, 15) is 9.90 Å². The average molecular weight is 296 g/mol. The Kier molecular flexibility index (Phi) is 4.45. The van der Waals surface area contributed by atoms with Gasteiger partial charge in [-0.15, -0.1) is 0 Å². The standard InChI is InChI=1S/C18H32O3/c1-16(2)10-6-11-17(3)13(16)9-12-18(4,20)14(17)7-8-15(19)21-5/h13-14,20H,6-12H2,1-5H3/t13-,14-,17-,18-/m0/s1. The second kappa shape index (κ2) is 5.57. The number of ether oxygens (including phenoxy) is 1. The molecule has 0 aromatic heterocycles. The van der Waals surface area contributed by atoms with Crippen LogP contribution in [0.1, 0.15) is 72.6 Å². The van der Waals surface area contributed by atoms with Crippen molar-refractivity contribution in [3.63, 3.8) is 0 Å². The highest BCUT2D eigenvalue weighted by molar-refractivity contribution is 5.69. The van der Waals surface area contributed by atoms with Gasteiger partial charge >= 0.3 is 5.97 Å². The summed E-state index contributed by atoms with van der Waals surface area (Å²) < 4.78 is 4.80.